The molecule has 5 heteroatoms. The summed E-state index contributed by atoms with van der Waals surface area (Å²) in [5, 5.41) is 21.7. The molecule has 1 atom stereocenters. The first-order valence-corrected chi connectivity index (χ1v) is 6.28. The van der Waals surface area contributed by atoms with Crippen molar-refractivity contribution in [2.45, 2.75) is 12.5 Å². The molecule has 16 heavy (non-hydrogen) atoms. The Bertz CT molecular complexity index is 387. The van der Waals surface area contributed by atoms with E-state index < -0.39 is 5.60 Å². The number of aliphatic hydroxyl groups is 1. The van der Waals surface area contributed by atoms with Gasteiger partial charge in [0.15, 0.2) is 0 Å². The molecule has 0 aliphatic rings. The van der Waals surface area contributed by atoms with E-state index in [0.717, 1.165) is 5.69 Å². The van der Waals surface area contributed by atoms with Gasteiger partial charge < -0.3 is 10.4 Å². The topological polar surface area (TPSA) is 68.9 Å². The van der Waals surface area contributed by atoms with E-state index in [9.17, 15) is 5.11 Å². The number of rotatable bonds is 5. The van der Waals surface area contributed by atoms with Crippen LogP contribution in [0.1, 0.15) is 12.6 Å². The minimum absolute atomic E-state index is 0.370. The van der Waals surface area contributed by atoms with Crippen molar-refractivity contribution in [2.75, 3.05) is 23.9 Å². The highest BCUT2D eigenvalue weighted by Crippen LogP contribution is 2.13. The highest BCUT2D eigenvalue weighted by atomic mass is 32.2. The van der Waals surface area contributed by atoms with E-state index in [1.54, 1.807) is 37.0 Å². The maximum absolute atomic E-state index is 9.94. The number of hydrogen-bond donors (Lipinski definition) is 2. The molecule has 0 fully saturated rings. The molecule has 1 rings (SSSR count). The number of nitrogens with zero attached hydrogens (tertiary/aromatic N) is 2. The van der Waals surface area contributed by atoms with Gasteiger partial charge in [-0.15, -0.1) is 0 Å². The van der Waals surface area contributed by atoms with Crippen molar-refractivity contribution in [1.29, 1.82) is 5.26 Å². The van der Waals surface area contributed by atoms with E-state index in [4.69, 9.17) is 5.26 Å². The van der Waals surface area contributed by atoms with Gasteiger partial charge in [-0.1, -0.05) is 0 Å². The van der Waals surface area contributed by atoms with Gasteiger partial charge in [-0.3, -0.25) is 0 Å². The fourth-order valence-electron chi connectivity index (χ4n) is 1.26. The third-order valence-corrected chi connectivity index (χ3v) is 2.91. The monoisotopic (exact) mass is 237 g/mol. The van der Waals surface area contributed by atoms with Crippen LogP contribution in [-0.4, -0.2) is 34.2 Å². The Morgan fingerprint density at radius 1 is 1.69 bits per heavy atom. The Balaban J connectivity index is 2.58. The number of anilines is 1. The van der Waals surface area contributed by atoms with Gasteiger partial charge in [0.25, 0.3) is 0 Å². The van der Waals surface area contributed by atoms with Crippen LogP contribution in [-0.2, 0) is 0 Å². The molecule has 1 unspecified atom stereocenters. The molecular formula is C11H15N3OS. The standard InChI is InChI=1S/C11H15N3OS/c1-11(15,8-16-2)7-14-9-3-4-13-10(5-9)6-12/h3-5,15H,7-8H2,1-2H3,(H,13,14). The van der Waals surface area contributed by atoms with Crippen LogP contribution in [0, 0.1) is 11.3 Å². The molecule has 0 aliphatic carbocycles. The van der Waals surface area contributed by atoms with Crippen LogP contribution in [0.4, 0.5) is 5.69 Å². The normalized spacial score (nSPS) is 13.9. The third-order valence-electron chi connectivity index (χ3n) is 2.00. The van der Waals surface area contributed by atoms with Crippen LogP contribution in [0.2, 0.25) is 0 Å². The van der Waals surface area contributed by atoms with E-state index in [1.165, 1.54) is 0 Å². The van der Waals surface area contributed by atoms with Crippen LogP contribution >= 0.6 is 11.8 Å². The van der Waals surface area contributed by atoms with Crippen molar-refractivity contribution in [3.63, 3.8) is 0 Å². The van der Waals surface area contributed by atoms with Crippen molar-refractivity contribution in [3.05, 3.63) is 24.0 Å². The van der Waals surface area contributed by atoms with Gasteiger partial charge in [0, 0.05) is 24.2 Å². The van der Waals surface area contributed by atoms with Crippen molar-refractivity contribution in [1.82, 2.24) is 4.98 Å². The molecule has 1 heterocycles. The molecule has 0 aromatic carbocycles. The maximum Gasteiger partial charge on any atom is 0.142 e. The highest BCUT2D eigenvalue weighted by molar-refractivity contribution is 7.98. The average Bonchev–Trinajstić information content (AvgIpc) is 2.27. The fraction of sp³-hybridized carbons (Fsp3) is 0.455. The Labute approximate surface area is 99.7 Å². The van der Waals surface area contributed by atoms with E-state index in [0.29, 0.717) is 18.0 Å². The number of nitrogens with one attached hydrogen (secondary N) is 1. The third kappa shape index (κ3) is 4.09. The lowest BCUT2D eigenvalue weighted by Gasteiger charge is -2.23. The zero-order valence-corrected chi connectivity index (χ0v) is 10.2. The first-order chi connectivity index (χ1) is 7.57. The van der Waals surface area contributed by atoms with Gasteiger partial charge in [0.1, 0.15) is 11.8 Å². The Hall–Kier alpha value is -1.25. The van der Waals surface area contributed by atoms with E-state index in [1.807, 2.05) is 12.3 Å². The summed E-state index contributed by atoms with van der Waals surface area (Å²) in [6.45, 7) is 2.23. The Morgan fingerprint density at radius 2 is 2.44 bits per heavy atom. The predicted octanol–water partition coefficient (Wildman–Crippen LogP) is 1.48. The molecule has 1 aromatic rings. The van der Waals surface area contributed by atoms with Gasteiger partial charge in [-0.25, -0.2) is 4.98 Å². The van der Waals surface area contributed by atoms with E-state index >= 15 is 0 Å². The van der Waals surface area contributed by atoms with Crippen LogP contribution in [0.25, 0.3) is 0 Å². The van der Waals surface area contributed by atoms with Gasteiger partial charge in [0.2, 0.25) is 0 Å². The first kappa shape index (κ1) is 12.8. The van der Waals surface area contributed by atoms with Crippen molar-refractivity contribution in [3.8, 4) is 6.07 Å². The summed E-state index contributed by atoms with van der Waals surface area (Å²) in [6.07, 6.45) is 3.53. The van der Waals surface area contributed by atoms with E-state index in [-0.39, 0.29) is 0 Å². The zero-order chi connectivity index (χ0) is 12.0. The van der Waals surface area contributed by atoms with E-state index in [2.05, 4.69) is 10.3 Å². The number of hydrogen-bond acceptors (Lipinski definition) is 5. The summed E-state index contributed by atoms with van der Waals surface area (Å²) < 4.78 is 0. The smallest absolute Gasteiger partial charge is 0.142 e. The molecule has 0 radical (unpaired) electrons. The number of pyridine rings is 1. The van der Waals surface area contributed by atoms with Crippen LogP contribution in [0.15, 0.2) is 18.3 Å². The summed E-state index contributed by atoms with van der Waals surface area (Å²) in [4.78, 5) is 3.87. The largest absolute Gasteiger partial charge is 0.387 e. The van der Waals surface area contributed by atoms with Gasteiger partial charge in [-0.2, -0.15) is 17.0 Å². The number of nitriles is 1. The quantitative estimate of drug-likeness (QED) is 0.811. The summed E-state index contributed by atoms with van der Waals surface area (Å²) >= 11 is 1.60. The Kier molecular flexibility index (Phi) is 4.59. The summed E-state index contributed by atoms with van der Waals surface area (Å²) in [5.74, 6) is 0.663. The SMILES string of the molecule is CSCC(C)(O)CNc1ccnc(C#N)c1. The van der Waals surface area contributed by atoms with Crippen LogP contribution in [0.5, 0.6) is 0 Å². The zero-order valence-electron chi connectivity index (χ0n) is 9.40. The minimum Gasteiger partial charge on any atom is -0.387 e. The molecule has 0 aliphatic heterocycles. The maximum atomic E-state index is 9.94. The minimum atomic E-state index is -0.754. The second-order valence-electron chi connectivity index (χ2n) is 3.83. The molecule has 0 amide bonds. The first-order valence-electron chi connectivity index (χ1n) is 4.89. The van der Waals surface area contributed by atoms with Crippen LogP contribution in [0.3, 0.4) is 0 Å². The van der Waals surface area contributed by atoms with Crippen molar-refractivity contribution >= 4 is 17.4 Å². The molecular weight excluding hydrogens is 222 g/mol. The van der Waals surface area contributed by atoms with Crippen LogP contribution < -0.4 is 5.32 Å². The Morgan fingerprint density at radius 3 is 3.06 bits per heavy atom. The average molecular weight is 237 g/mol. The van der Waals surface area contributed by atoms with Gasteiger partial charge in [-0.05, 0) is 25.3 Å². The summed E-state index contributed by atoms with van der Waals surface area (Å²) in [5.41, 5.74) is 0.414. The molecule has 1 aromatic heterocycles. The molecule has 0 saturated carbocycles. The van der Waals surface area contributed by atoms with Crippen molar-refractivity contribution < 1.29 is 5.11 Å². The molecule has 0 bridgehead atoms. The van der Waals surface area contributed by atoms with Gasteiger partial charge >= 0.3 is 0 Å². The lowest BCUT2D eigenvalue weighted by Crippen LogP contribution is -2.36. The summed E-state index contributed by atoms with van der Waals surface area (Å²) in [6, 6.07) is 5.41. The highest BCUT2D eigenvalue weighted by Gasteiger charge is 2.18. The summed E-state index contributed by atoms with van der Waals surface area (Å²) in [7, 11) is 0. The fourth-order valence-corrected chi connectivity index (χ4v) is 1.98. The lowest BCUT2D eigenvalue weighted by molar-refractivity contribution is 0.0997. The van der Waals surface area contributed by atoms with Crippen molar-refractivity contribution in [2.24, 2.45) is 0 Å². The molecule has 0 spiro atoms. The molecule has 0 saturated heterocycles. The van der Waals surface area contributed by atoms with Gasteiger partial charge in [0.05, 0.1) is 5.60 Å². The second-order valence-corrected chi connectivity index (χ2v) is 4.69. The second kappa shape index (κ2) is 5.73. The predicted molar refractivity (Wildman–Crippen MR) is 66.4 cm³/mol. The number of thioether (sulfide) groups is 1. The lowest BCUT2D eigenvalue weighted by atomic mass is 10.1. The molecule has 4 nitrogen and oxygen atoms in total. The molecule has 86 valence electrons. The number of aromatic nitrogens is 1. The molecule has 2 N–H and O–H groups in total.